The SMILES string of the molecule is COc1ccc(C(CNC(=S)NCc2ccccc2)N2CCOCC2)cc1. The van der Waals surface area contributed by atoms with Crippen molar-refractivity contribution in [1.82, 2.24) is 15.5 Å². The highest BCUT2D eigenvalue weighted by atomic mass is 32.1. The molecule has 0 spiro atoms. The van der Waals surface area contributed by atoms with Crippen LogP contribution in [0.1, 0.15) is 17.2 Å². The Morgan fingerprint density at radius 3 is 2.44 bits per heavy atom. The number of nitrogens with one attached hydrogen (secondary N) is 2. The molecule has 1 aliphatic heterocycles. The molecule has 2 aromatic carbocycles. The monoisotopic (exact) mass is 385 g/mol. The summed E-state index contributed by atoms with van der Waals surface area (Å²) < 4.78 is 10.8. The molecule has 2 N–H and O–H groups in total. The van der Waals surface area contributed by atoms with Crippen molar-refractivity contribution in [2.45, 2.75) is 12.6 Å². The second-order valence-corrected chi connectivity index (χ2v) is 6.89. The first-order valence-electron chi connectivity index (χ1n) is 9.27. The van der Waals surface area contributed by atoms with Crippen LogP contribution in [0.4, 0.5) is 0 Å². The van der Waals surface area contributed by atoms with Gasteiger partial charge in [0.2, 0.25) is 0 Å². The van der Waals surface area contributed by atoms with Crippen LogP contribution in [0.15, 0.2) is 54.6 Å². The maximum absolute atomic E-state index is 5.52. The Hall–Kier alpha value is -2.15. The molecular weight excluding hydrogens is 358 g/mol. The minimum absolute atomic E-state index is 0.233. The summed E-state index contributed by atoms with van der Waals surface area (Å²) >= 11 is 5.48. The first kappa shape index (κ1) is 19.6. The molecule has 0 amide bonds. The van der Waals surface area contributed by atoms with Crippen LogP contribution in [0.5, 0.6) is 5.75 Å². The molecular formula is C21H27N3O2S. The van der Waals surface area contributed by atoms with Crippen LogP contribution in [0.3, 0.4) is 0 Å². The second kappa shape index (κ2) is 10.3. The molecule has 27 heavy (non-hydrogen) atoms. The fourth-order valence-corrected chi connectivity index (χ4v) is 3.36. The van der Waals surface area contributed by atoms with E-state index in [1.165, 1.54) is 11.1 Å². The molecule has 144 valence electrons. The summed E-state index contributed by atoms with van der Waals surface area (Å²) in [6, 6.07) is 18.8. The van der Waals surface area contributed by atoms with Crippen molar-refractivity contribution in [1.29, 1.82) is 0 Å². The van der Waals surface area contributed by atoms with E-state index in [0.717, 1.165) is 45.1 Å². The van der Waals surface area contributed by atoms with Crippen LogP contribution < -0.4 is 15.4 Å². The molecule has 0 radical (unpaired) electrons. The van der Waals surface area contributed by atoms with Crippen LogP contribution in [-0.2, 0) is 11.3 Å². The van der Waals surface area contributed by atoms with E-state index in [9.17, 15) is 0 Å². The van der Waals surface area contributed by atoms with Gasteiger partial charge in [-0.15, -0.1) is 0 Å². The number of rotatable bonds is 7. The fourth-order valence-electron chi connectivity index (χ4n) is 3.20. The Kier molecular flexibility index (Phi) is 7.45. The molecule has 1 saturated heterocycles. The van der Waals surface area contributed by atoms with Gasteiger partial charge in [0.05, 0.1) is 26.4 Å². The normalized spacial score (nSPS) is 15.7. The lowest BCUT2D eigenvalue weighted by Gasteiger charge is -2.35. The number of ether oxygens (including phenoxy) is 2. The number of morpholine rings is 1. The quantitative estimate of drug-likeness (QED) is 0.715. The Bertz CT molecular complexity index is 703. The molecule has 1 aliphatic rings. The van der Waals surface area contributed by atoms with Crippen molar-refractivity contribution in [3.8, 4) is 5.75 Å². The third-order valence-electron chi connectivity index (χ3n) is 4.74. The van der Waals surface area contributed by atoms with Gasteiger partial charge in [0.25, 0.3) is 0 Å². The maximum atomic E-state index is 5.52. The van der Waals surface area contributed by atoms with Gasteiger partial charge in [-0.2, -0.15) is 0 Å². The average Bonchev–Trinajstić information content (AvgIpc) is 2.74. The first-order valence-corrected chi connectivity index (χ1v) is 9.68. The zero-order chi connectivity index (χ0) is 18.9. The second-order valence-electron chi connectivity index (χ2n) is 6.49. The lowest BCUT2D eigenvalue weighted by molar-refractivity contribution is 0.0170. The maximum Gasteiger partial charge on any atom is 0.166 e. The zero-order valence-electron chi connectivity index (χ0n) is 15.7. The molecule has 3 rings (SSSR count). The molecule has 1 heterocycles. The van der Waals surface area contributed by atoms with Gasteiger partial charge in [0.1, 0.15) is 5.75 Å². The van der Waals surface area contributed by atoms with Crippen molar-refractivity contribution in [3.05, 3.63) is 65.7 Å². The van der Waals surface area contributed by atoms with E-state index < -0.39 is 0 Å². The molecule has 1 atom stereocenters. The highest BCUT2D eigenvalue weighted by Crippen LogP contribution is 2.23. The van der Waals surface area contributed by atoms with Crippen LogP contribution in [-0.4, -0.2) is 50.0 Å². The van der Waals surface area contributed by atoms with E-state index >= 15 is 0 Å². The molecule has 0 bridgehead atoms. The zero-order valence-corrected chi connectivity index (χ0v) is 16.5. The smallest absolute Gasteiger partial charge is 0.166 e. The fraction of sp³-hybridized carbons (Fsp3) is 0.381. The highest BCUT2D eigenvalue weighted by molar-refractivity contribution is 7.80. The van der Waals surface area contributed by atoms with Crippen molar-refractivity contribution in [3.63, 3.8) is 0 Å². The van der Waals surface area contributed by atoms with Gasteiger partial charge in [-0.05, 0) is 35.5 Å². The number of hydrogen-bond donors (Lipinski definition) is 2. The summed E-state index contributed by atoms with van der Waals surface area (Å²) in [7, 11) is 1.69. The number of thiocarbonyl (C=S) groups is 1. The number of benzene rings is 2. The van der Waals surface area contributed by atoms with Crippen molar-refractivity contribution < 1.29 is 9.47 Å². The standard InChI is InChI=1S/C21H27N3O2S/c1-25-19-9-7-18(8-10-19)20(24-11-13-26-14-12-24)16-23-21(27)22-15-17-5-3-2-4-6-17/h2-10,20H,11-16H2,1H3,(H2,22,23,27). The van der Waals surface area contributed by atoms with E-state index in [1.54, 1.807) is 7.11 Å². The summed E-state index contributed by atoms with van der Waals surface area (Å²) in [6.45, 7) is 4.84. The van der Waals surface area contributed by atoms with E-state index in [1.807, 2.05) is 30.3 Å². The predicted molar refractivity (Wildman–Crippen MR) is 112 cm³/mol. The molecule has 6 heteroatoms. The summed E-state index contributed by atoms with van der Waals surface area (Å²) in [5.74, 6) is 0.868. The molecule has 1 fully saturated rings. The minimum Gasteiger partial charge on any atom is -0.497 e. The summed E-state index contributed by atoms with van der Waals surface area (Å²) in [6.07, 6.45) is 0. The number of hydrogen-bond acceptors (Lipinski definition) is 4. The van der Waals surface area contributed by atoms with Gasteiger partial charge in [-0.25, -0.2) is 0 Å². The summed E-state index contributed by atoms with van der Waals surface area (Å²) in [5, 5.41) is 7.34. The Labute approximate surface area is 166 Å². The molecule has 0 saturated carbocycles. The Morgan fingerprint density at radius 1 is 1.07 bits per heavy atom. The van der Waals surface area contributed by atoms with Crippen LogP contribution in [0, 0.1) is 0 Å². The average molecular weight is 386 g/mol. The van der Waals surface area contributed by atoms with Crippen molar-refractivity contribution >= 4 is 17.3 Å². The molecule has 5 nitrogen and oxygen atoms in total. The first-order chi connectivity index (χ1) is 13.3. The van der Waals surface area contributed by atoms with Gasteiger partial charge in [-0.1, -0.05) is 42.5 Å². The van der Waals surface area contributed by atoms with Crippen LogP contribution in [0.2, 0.25) is 0 Å². The van der Waals surface area contributed by atoms with Crippen molar-refractivity contribution in [2.75, 3.05) is 40.0 Å². The summed E-state index contributed by atoms with van der Waals surface area (Å²) in [4.78, 5) is 2.44. The van der Waals surface area contributed by atoms with Gasteiger partial charge in [0.15, 0.2) is 5.11 Å². The van der Waals surface area contributed by atoms with Gasteiger partial charge in [0, 0.05) is 26.2 Å². The lowest BCUT2D eigenvalue weighted by atomic mass is 10.0. The lowest BCUT2D eigenvalue weighted by Crippen LogP contribution is -2.45. The van der Waals surface area contributed by atoms with E-state index in [0.29, 0.717) is 5.11 Å². The van der Waals surface area contributed by atoms with E-state index in [4.69, 9.17) is 21.7 Å². The van der Waals surface area contributed by atoms with Gasteiger partial charge >= 0.3 is 0 Å². The topological polar surface area (TPSA) is 45.8 Å². The third kappa shape index (κ3) is 5.92. The molecule has 0 aromatic heterocycles. The van der Waals surface area contributed by atoms with E-state index in [2.05, 4.69) is 39.8 Å². The largest absolute Gasteiger partial charge is 0.497 e. The number of methoxy groups -OCH3 is 1. The van der Waals surface area contributed by atoms with Crippen molar-refractivity contribution in [2.24, 2.45) is 0 Å². The van der Waals surface area contributed by atoms with Crippen LogP contribution >= 0.6 is 12.2 Å². The highest BCUT2D eigenvalue weighted by Gasteiger charge is 2.22. The van der Waals surface area contributed by atoms with Gasteiger partial charge < -0.3 is 20.1 Å². The van der Waals surface area contributed by atoms with Crippen LogP contribution in [0.25, 0.3) is 0 Å². The van der Waals surface area contributed by atoms with E-state index in [-0.39, 0.29) is 6.04 Å². The Morgan fingerprint density at radius 2 is 1.78 bits per heavy atom. The van der Waals surface area contributed by atoms with Gasteiger partial charge in [-0.3, -0.25) is 4.90 Å². The summed E-state index contributed by atoms with van der Waals surface area (Å²) in [5.41, 5.74) is 2.46. The molecule has 2 aromatic rings. The minimum atomic E-state index is 0.233. The number of nitrogens with zero attached hydrogens (tertiary/aromatic N) is 1. The Balaban J connectivity index is 1.59. The predicted octanol–water partition coefficient (Wildman–Crippen LogP) is 2.73. The third-order valence-corrected chi connectivity index (χ3v) is 5.03. The molecule has 1 unspecified atom stereocenters. The molecule has 0 aliphatic carbocycles.